The number of carbonyl (C=O) groups excluding carboxylic acids is 1. The third-order valence-electron chi connectivity index (χ3n) is 4.39. The van der Waals surface area contributed by atoms with Crippen molar-refractivity contribution in [3.8, 4) is 0 Å². The van der Waals surface area contributed by atoms with E-state index < -0.39 is 11.6 Å². The third kappa shape index (κ3) is 6.55. The summed E-state index contributed by atoms with van der Waals surface area (Å²) in [5, 5.41) is 6.35. The lowest BCUT2D eigenvalue weighted by atomic mass is 10.1. The van der Waals surface area contributed by atoms with E-state index in [0.717, 1.165) is 11.6 Å². The second kappa shape index (κ2) is 10.5. The number of aliphatic imine (C=N–C) groups is 1. The van der Waals surface area contributed by atoms with E-state index in [0.29, 0.717) is 36.6 Å². The van der Waals surface area contributed by atoms with Crippen LogP contribution in [0.1, 0.15) is 41.4 Å². The van der Waals surface area contributed by atoms with Crippen LogP contribution in [-0.4, -0.2) is 44.0 Å². The second-order valence-corrected chi connectivity index (χ2v) is 6.95. The van der Waals surface area contributed by atoms with Gasteiger partial charge in [-0.2, -0.15) is 0 Å². The van der Waals surface area contributed by atoms with Gasteiger partial charge in [-0.15, -0.1) is 0 Å². The number of nitrogens with one attached hydrogen (secondary N) is 2. The van der Waals surface area contributed by atoms with Crippen molar-refractivity contribution in [2.45, 2.75) is 26.3 Å². The number of hydrogen-bond acceptors (Lipinski definition) is 2. The second-order valence-electron chi connectivity index (χ2n) is 6.95. The first-order chi connectivity index (χ1) is 13.8. The van der Waals surface area contributed by atoms with Gasteiger partial charge in [0, 0.05) is 32.7 Å². The van der Waals surface area contributed by atoms with Crippen LogP contribution >= 0.6 is 0 Å². The molecule has 0 aliphatic heterocycles. The van der Waals surface area contributed by atoms with E-state index in [1.165, 1.54) is 6.07 Å². The van der Waals surface area contributed by atoms with Crippen LogP contribution in [0.5, 0.6) is 0 Å². The molecule has 1 amide bonds. The Hall–Kier alpha value is -2.96. The van der Waals surface area contributed by atoms with E-state index >= 15 is 0 Å². The van der Waals surface area contributed by atoms with Crippen LogP contribution in [0.25, 0.3) is 0 Å². The molecule has 0 fully saturated rings. The molecule has 0 radical (unpaired) electrons. The number of nitrogens with zero attached hydrogens (tertiary/aromatic N) is 2. The summed E-state index contributed by atoms with van der Waals surface area (Å²) in [7, 11) is 3.45. The summed E-state index contributed by atoms with van der Waals surface area (Å²) in [6.07, 6.45) is 0.671. The molecule has 0 saturated heterocycles. The van der Waals surface area contributed by atoms with E-state index in [9.17, 15) is 13.6 Å². The number of amides is 1. The standard InChI is InChI=1S/C22H28F2N4O/c1-5-25-22(27-15(2)17-9-10-19(23)20(24)14-17)26-12-11-16-7-6-8-18(13-16)21(29)28(3)4/h6-10,13-15H,5,11-12H2,1-4H3,(H2,25,26,27). The first-order valence-electron chi connectivity index (χ1n) is 9.62. The van der Waals surface area contributed by atoms with Gasteiger partial charge in [-0.3, -0.25) is 9.79 Å². The predicted molar refractivity (Wildman–Crippen MR) is 112 cm³/mol. The highest BCUT2D eigenvalue weighted by Crippen LogP contribution is 2.16. The summed E-state index contributed by atoms with van der Waals surface area (Å²) in [6, 6.07) is 11.1. The topological polar surface area (TPSA) is 56.7 Å². The summed E-state index contributed by atoms with van der Waals surface area (Å²) in [4.78, 5) is 18.2. The first kappa shape index (κ1) is 22.3. The SMILES string of the molecule is CCNC(=NCCc1cccc(C(=O)N(C)C)c1)NC(C)c1ccc(F)c(F)c1. The van der Waals surface area contributed by atoms with Gasteiger partial charge in [0.15, 0.2) is 17.6 Å². The van der Waals surface area contributed by atoms with Crippen LogP contribution in [0.3, 0.4) is 0 Å². The Labute approximate surface area is 170 Å². The van der Waals surface area contributed by atoms with Crippen molar-refractivity contribution in [3.63, 3.8) is 0 Å². The van der Waals surface area contributed by atoms with Gasteiger partial charge in [0.1, 0.15) is 0 Å². The fraction of sp³-hybridized carbons (Fsp3) is 0.364. The molecule has 0 bridgehead atoms. The van der Waals surface area contributed by atoms with E-state index in [1.54, 1.807) is 31.1 Å². The number of carbonyl (C=O) groups is 1. The fourth-order valence-electron chi connectivity index (χ4n) is 2.81. The maximum Gasteiger partial charge on any atom is 0.253 e. The summed E-state index contributed by atoms with van der Waals surface area (Å²) < 4.78 is 26.6. The number of rotatable bonds is 7. The van der Waals surface area contributed by atoms with Crippen LogP contribution in [0.2, 0.25) is 0 Å². The van der Waals surface area contributed by atoms with Crippen LogP contribution in [-0.2, 0) is 6.42 Å². The van der Waals surface area contributed by atoms with Crippen LogP contribution in [0.15, 0.2) is 47.5 Å². The highest BCUT2D eigenvalue weighted by atomic mass is 19.2. The highest BCUT2D eigenvalue weighted by molar-refractivity contribution is 5.94. The Morgan fingerprint density at radius 3 is 2.55 bits per heavy atom. The quantitative estimate of drug-likeness (QED) is 0.550. The summed E-state index contributed by atoms with van der Waals surface area (Å²) >= 11 is 0. The highest BCUT2D eigenvalue weighted by Gasteiger charge is 2.11. The van der Waals surface area contributed by atoms with Gasteiger partial charge >= 0.3 is 0 Å². The van der Waals surface area contributed by atoms with Crippen molar-refractivity contribution in [3.05, 3.63) is 70.8 Å². The first-order valence-corrected chi connectivity index (χ1v) is 9.62. The number of halogens is 2. The molecular formula is C22H28F2N4O. The molecule has 1 unspecified atom stereocenters. The molecule has 0 aliphatic rings. The van der Waals surface area contributed by atoms with Gasteiger partial charge in [0.05, 0.1) is 6.04 Å². The average molecular weight is 402 g/mol. The molecule has 29 heavy (non-hydrogen) atoms. The molecular weight excluding hydrogens is 374 g/mol. The van der Waals surface area contributed by atoms with Gasteiger partial charge < -0.3 is 15.5 Å². The lowest BCUT2D eigenvalue weighted by Crippen LogP contribution is -2.39. The zero-order valence-corrected chi connectivity index (χ0v) is 17.3. The van der Waals surface area contributed by atoms with Gasteiger partial charge in [-0.1, -0.05) is 18.2 Å². The smallest absolute Gasteiger partial charge is 0.253 e. The minimum absolute atomic E-state index is 0.0364. The van der Waals surface area contributed by atoms with Crippen LogP contribution in [0.4, 0.5) is 8.78 Å². The molecule has 2 rings (SSSR count). The van der Waals surface area contributed by atoms with Gasteiger partial charge in [-0.05, 0) is 55.7 Å². The zero-order chi connectivity index (χ0) is 21.4. The van der Waals surface area contributed by atoms with E-state index in [-0.39, 0.29) is 11.9 Å². The Balaban J connectivity index is 2.02. The molecule has 0 aliphatic carbocycles. The number of hydrogen-bond donors (Lipinski definition) is 2. The summed E-state index contributed by atoms with van der Waals surface area (Å²) in [5.41, 5.74) is 2.30. The molecule has 7 heteroatoms. The van der Waals surface area contributed by atoms with Gasteiger partial charge in [0.25, 0.3) is 5.91 Å². The molecule has 0 saturated carbocycles. The maximum atomic E-state index is 13.5. The average Bonchev–Trinajstić information content (AvgIpc) is 2.69. The summed E-state index contributed by atoms with van der Waals surface area (Å²) in [5.74, 6) is -1.18. The normalized spacial score (nSPS) is 12.4. The molecule has 0 spiro atoms. The number of guanidine groups is 1. The number of benzene rings is 2. The van der Waals surface area contributed by atoms with Crippen molar-refractivity contribution in [2.75, 3.05) is 27.2 Å². The Kier molecular flexibility index (Phi) is 8.12. The third-order valence-corrected chi connectivity index (χ3v) is 4.39. The van der Waals surface area contributed by atoms with Crippen molar-refractivity contribution >= 4 is 11.9 Å². The van der Waals surface area contributed by atoms with Crippen molar-refractivity contribution in [2.24, 2.45) is 4.99 Å². The maximum absolute atomic E-state index is 13.5. The fourth-order valence-corrected chi connectivity index (χ4v) is 2.81. The Bertz CT molecular complexity index is 868. The molecule has 5 nitrogen and oxygen atoms in total. The van der Waals surface area contributed by atoms with Gasteiger partial charge in [0.2, 0.25) is 0 Å². The minimum atomic E-state index is -0.870. The largest absolute Gasteiger partial charge is 0.357 e. The van der Waals surface area contributed by atoms with Crippen LogP contribution in [0, 0.1) is 11.6 Å². The predicted octanol–water partition coefficient (Wildman–Crippen LogP) is 3.53. The van der Waals surface area contributed by atoms with Gasteiger partial charge in [-0.25, -0.2) is 8.78 Å². The summed E-state index contributed by atoms with van der Waals surface area (Å²) in [6.45, 7) is 4.99. The lowest BCUT2D eigenvalue weighted by molar-refractivity contribution is 0.0827. The van der Waals surface area contributed by atoms with E-state index in [1.807, 2.05) is 32.0 Å². The van der Waals surface area contributed by atoms with Crippen molar-refractivity contribution < 1.29 is 13.6 Å². The van der Waals surface area contributed by atoms with Crippen molar-refractivity contribution in [1.82, 2.24) is 15.5 Å². The van der Waals surface area contributed by atoms with Crippen LogP contribution < -0.4 is 10.6 Å². The minimum Gasteiger partial charge on any atom is -0.357 e. The van der Waals surface area contributed by atoms with Crippen molar-refractivity contribution in [1.29, 1.82) is 0 Å². The van der Waals surface area contributed by atoms with E-state index in [4.69, 9.17) is 0 Å². The molecule has 2 aromatic carbocycles. The Morgan fingerprint density at radius 2 is 1.90 bits per heavy atom. The molecule has 156 valence electrons. The van der Waals surface area contributed by atoms with E-state index in [2.05, 4.69) is 15.6 Å². The lowest BCUT2D eigenvalue weighted by Gasteiger charge is -2.18. The molecule has 0 heterocycles. The Morgan fingerprint density at radius 1 is 1.14 bits per heavy atom. The molecule has 2 aromatic rings. The monoisotopic (exact) mass is 402 g/mol. The zero-order valence-electron chi connectivity index (χ0n) is 17.3. The molecule has 2 N–H and O–H groups in total. The molecule has 0 aromatic heterocycles. The molecule has 1 atom stereocenters.